The summed E-state index contributed by atoms with van der Waals surface area (Å²) in [6.45, 7) is 0. The number of anilines is 1. The van der Waals surface area contributed by atoms with Gasteiger partial charge in [-0.15, -0.1) is 0 Å². The molecule has 0 fully saturated rings. The number of rotatable bonds is 6. The minimum absolute atomic E-state index is 0.0369. The van der Waals surface area contributed by atoms with Crippen molar-refractivity contribution >= 4 is 38.3 Å². The van der Waals surface area contributed by atoms with Gasteiger partial charge in [0.1, 0.15) is 17.8 Å². The SMILES string of the molecule is COc1ccc(-c2cc(Cl)ccc2F)cc1-n1c(=O)ccc2cc(S(=O)(=O)Nc3ccon3)ccc21. The van der Waals surface area contributed by atoms with Crippen LogP contribution in [0.3, 0.4) is 0 Å². The van der Waals surface area contributed by atoms with E-state index in [2.05, 4.69) is 14.4 Å². The van der Waals surface area contributed by atoms with Gasteiger partial charge in [-0.2, -0.15) is 0 Å². The summed E-state index contributed by atoms with van der Waals surface area (Å²) < 4.78 is 54.0. The first-order chi connectivity index (χ1) is 17.3. The number of hydrogen-bond donors (Lipinski definition) is 1. The molecule has 3 aromatic carbocycles. The smallest absolute Gasteiger partial charge is 0.263 e. The Balaban J connectivity index is 1.67. The van der Waals surface area contributed by atoms with E-state index in [0.29, 0.717) is 32.9 Å². The Morgan fingerprint density at radius 3 is 2.61 bits per heavy atom. The molecule has 0 aliphatic rings. The van der Waals surface area contributed by atoms with Crippen LogP contribution in [0.2, 0.25) is 5.02 Å². The largest absolute Gasteiger partial charge is 0.495 e. The van der Waals surface area contributed by atoms with Crippen molar-refractivity contribution in [3.63, 3.8) is 0 Å². The maximum absolute atomic E-state index is 14.6. The molecule has 5 aromatic rings. The Hall–Kier alpha value is -4.15. The molecule has 11 heteroatoms. The lowest BCUT2D eigenvalue weighted by molar-refractivity contribution is 0.413. The van der Waals surface area contributed by atoms with Gasteiger partial charge in [-0.1, -0.05) is 22.8 Å². The molecule has 182 valence electrons. The molecule has 0 unspecified atom stereocenters. The molecular weight excluding hydrogens is 509 g/mol. The van der Waals surface area contributed by atoms with Gasteiger partial charge < -0.3 is 9.26 Å². The Kier molecular flexibility index (Phi) is 5.99. The second-order valence-corrected chi connectivity index (χ2v) is 9.85. The van der Waals surface area contributed by atoms with Gasteiger partial charge in [-0.05, 0) is 60.2 Å². The maximum Gasteiger partial charge on any atom is 0.263 e. The molecule has 0 aliphatic heterocycles. The van der Waals surface area contributed by atoms with Crippen LogP contribution in [0.15, 0.2) is 93.3 Å². The molecule has 0 radical (unpaired) electrons. The van der Waals surface area contributed by atoms with Crippen LogP contribution in [0, 0.1) is 5.82 Å². The highest BCUT2D eigenvalue weighted by Crippen LogP contribution is 2.33. The first-order valence-corrected chi connectivity index (χ1v) is 12.4. The number of nitrogens with one attached hydrogen (secondary N) is 1. The number of halogens is 2. The number of benzene rings is 3. The van der Waals surface area contributed by atoms with Crippen molar-refractivity contribution in [3.8, 4) is 22.6 Å². The third-order valence-corrected chi connectivity index (χ3v) is 7.10. The minimum atomic E-state index is -3.97. The number of hydrogen-bond acceptors (Lipinski definition) is 6. The van der Waals surface area contributed by atoms with E-state index in [4.69, 9.17) is 16.3 Å². The Morgan fingerprint density at radius 2 is 1.86 bits per heavy atom. The van der Waals surface area contributed by atoms with Gasteiger partial charge >= 0.3 is 0 Å². The van der Waals surface area contributed by atoms with Gasteiger partial charge in [0.25, 0.3) is 15.6 Å². The summed E-state index contributed by atoms with van der Waals surface area (Å²) in [4.78, 5) is 13.0. The predicted octanol–water partition coefficient (Wildman–Crippen LogP) is 5.25. The molecule has 0 saturated carbocycles. The van der Waals surface area contributed by atoms with Crippen LogP contribution in [-0.2, 0) is 10.0 Å². The zero-order valence-electron chi connectivity index (χ0n) is 18.6. The molecule has 0 bridgehead atoms. The molecule has 0 amide bonds. The van der Waals surface area contributed by atoms with Crippen molar-refractivity contribution in [2.24, 2.45) is 0 Å². The van der Waals surface area contributed by atoms with Gasteiger partial charge in [-0.3, -0.25) is 14.1 Å². The van der Waals surface area contributed by atoms with Crippen molar-refractivity contribution < 1.29 is 22.1 Å². The van der Waals surface area contributed by atoms with Crippen molar-refractivity contribution in [2.75, 3.05) is 11.8 Å². The molecule has 8 nitrogen and oxygen atoms in total. The third kappa shape index (κ3) is 4.32. The number of ether oxygens (including phenoxy) is 1. The van der Waals surface area contributed by atoms with E-state index < -0.39 is 15.8 Å². The molecule has 0 atom stereocenters. The van der Waals surface area contributed by atoms with Crippen LogP contribution < -0.4 is 15.0 Å². The first kappa shape index (κ1) is 23.6. The van der Waals surface area contributed by atoms with Crippen LogP contribution in [0.1, 0.15) is 0 Å². The number of fused-ring (bicyclic) bond motifs is 1. The molecular formula is C25H17ClFN3O5S. The van der Waals surface area contributed by atoms with Crippen molar-refractivity contribution in [1.29, 1.82) is 0 Å². The van der Waals surface area contributed by atoms with Crippen molar-refractivity contribution in [3.05, 3.63) is 100 Å². The van der Waals surface area contributed by atoms with Gasteiger partial charge in [0.2, 0.25) is 0 Å². The number of sulfonamides is 1. The van der Waals surface area contributed by atoms with Gasteiger partial charge in [0.15, 0.2) is 5.82 Å². The van der Waals surface area contributed by atoms with E-state index in [9.17, 15) is 17.6 Å². The van der Waals surface area contributed by atoms with Gasteiger partial charge in [-0.25, -0.2) is 12.8 Å². The standard InChI is InChI=1S/C25H17ClFN3O5S/c1-34-23-8-2-15(19-14-17(26)4-6-20(19)27)13-22(23)30-21-7-5-18(12-16(21)3-9-25(30)31)36(32,33)29-24-10-11-35-28-24/h2-14H,1H3,(H,28,29). The van der Waals surface area contributed by atoms with E-state index in [1.807, 2.05) is 0 Å². The number of methoxy groups -OCH3 is 1. The average molecular weight is 526 g/mol. The first-order valence-electron chi connectivity index (χ1n) is 10.5. The average Bonchev–Trinajstić information content (AvgIpc) is 3.37. The summed E-state index contributed by atoms with van der Waals surface area (Å²) in [6, 6.07) is 17.6. The molecule has 5 rings (SSSR count). The highest BCUT2D eigenvalue weighted by Gasteiger charge is 2.19. The van der Waals surface area contributed by atoms with Crippen LogP contribution in [-0.4, -0.2) is 25.3 Å². The normalized spacial score (nSPS) is 11.5. The number of nitrogens with zero attached hydrogens (tertiary/aromatic N) is 2. The summed E-state index contributed by atoms with van der Waals surface area (Å²) in [7, 11) is -2.51. The summed E-state index contributed by atoms with van der Waals surface area (Å²) in [6.07, 6.45) is 1.24. The highest BCUT2D eigenvalue weighted by atomic mass is 35.5. The Labute approximate surface area is 209 Å². The van der Waals surface area contributed by atoms with Gasteiger partial charge in [0, 0.05) is 28.1 Å². The zero-order valence-corrected chi connectivity index (χ0v) is 20.2. The van der Waals surface area contributed by atoms with Crippen molar-refractivity contribution in [1.82, 2.24) is 9.72 Å². The lowest BCUT2D eigenvalue weighted by Gasteiger charge is -2.16. The van der Waals surface area contributed by atoms with Gasteiger partial charge in [0.05, 0.1) is 23.2 Å². The molecule has 0 spiro atoms. The quantitative estimate of drug-likeness (QED) is 0.325. The van der Waals surface area contributed by atoms with E-state index in [-0.39, 0.29) is 21.8 Å². The predicted molar refractivity (Wildman–Crippen MR) is 134 cm³/mol. The summed E-state index contributed by atoms with van der Waals surface area (Å²) in [5, 5.41) is 4.39. The summed E-state index contributed by atoms with van der Waals surface area (Å²) >= 11 is 6.07. The van der Waals surface area contributed by atoms with Crippen LogP contribution in [0.4, 0.5) is 10.2 Å². The molecule has 0 saturated heterocycles. The lowest BCUT2D eigenvalue weighted by Crippen LogP contribution is -2.19. The maximum atomic E-state index is 14.6. The van der Waals surface area contributed by atoms with Crippen LogP contribution in [0.25, 0.3) is 27.7 Å². The molecule has 2 heterocycles. The monoisotopic (exact) mass is 525 g/mol. The summed E-state index contributed by atoms with van der Waals surface area (Å²) in [5.74, 6) is -0.0784. The second kappa shape index (κ2) is 9.14. The molecule has 2 aromatic heterocycles. The molecule has 0 aliphatic carbocycles. The minimum Gasteiger partial charge on any atom is -0.495 e. The Morgan fingerprint density at radius 1 is 1.03 bits per heavy atom. The van der Waals surface area contributed by atoms with E-state index in [0.717, 1.165) is 0 Å². The zero-order chi connectivity index (χ0) is 25.4. The molecule has 1 N–H and O–H groups in total. The Bertz CT molecular complexity index is 1770. The van der Waals surface area contributed by atoms with E-state index in [1.165, 1.54) is 72.5 Å². The van der Waals surface area contributed by atoms with E-state index in [1.54, 1.807) is 18.2 Å². The second-order valence-electron chi connectivity index (χ2n) is 7.73. The third-order valence-electron chi connectivity index (χ3n) is 5.51. The fourth-order valence-corrected chi connectivity index (χ4v) is 5.05. The number of pyridine rings is 1. The molecule has 36 heavy (non-hydrogen) atoms. The van der Waals surface area contributed by atoms with Crippen LogP contribution >= 0.6 is 11.6 Å². The van der Waals surface area contributed by atoms with Crippen molar-refractivity contribution in [2.45, 2.75) is 4.90 Å². The fourth-order valence-electron chi connectivity index (χ4n) is 3.85. The topological polar surface area (TPSA) is 103 Å². The fraction of sp³-hybridized carbons (Fsp3) is 0.0400. The van der Waals surface area contributed by atoms with Crippen LogP contribution in [0.5, 0.6) is 5.75 Å². The van der Waals surface area contributed by atoms with E-state index >= 15 is 0 Å². The number of aromatic nitrogens is 2. The highest BCUT2D eigenvalue weighted by molar-refractivity contribution is 7.92. The lowest BCUT2D eigenvalue weighted by atomic mass is 10.0. The summed E-state index contributed by atoms with van der Waals surface area (Å²) in [5.41, 5.74) is 1.12.